The van der Waals surface area contributed by atoms with Gasteiger partial charge in [0, 0.05) is 11.4 Å². The number of thiophene rings is 1. The highest BCUT2D eigenvalue weighted by atomic mass is 32.1. The number of nitrogens with one attached hydrogen (secondary N) is 2. The molecule has 0 bridgehead atoms. The van der Waals surface area contributed by atoms with E-state index in [1.807, 2.05) is 6.08 Å². The molecular formula is C27H41N5O5S. The summed E-state index contributed by atoms with van der Waals surface area (Å²) in [5.74, 6) is -0.667. The van der Waals surface area contributed by atoms with E-state index in [1.54, 1.807) is 23.1 Å². The lowest BCUT2D eigenvalue weighted by Crippen LogP contribution is -2.56. The summed E-state index contributed by atoms with van der Waals surface area (Å²) in [6, 6.07) is 2.27. The fourth-order valence-electron chi connectivity index (χ4n) is 4.98. The minimum Gasteiger partial charge on any atom is -0.465 e. The third-order valence-electron chi connectivity index (χ3n) is 7.08. The fourth-order valence-corrected chi connectivity index (χ4v) is 5.82. The number of amides is 2. The number of esters is 1. The van der Waals surface area contributed by atoms with Crippen molar-refractivity contribution < 1.29 is 24.3 Å². The van der Waals surface area contributed by atoms with Gasteiger partial charge in [-0.25, -0.2) is 0 Å². The molecule has 2 amide bonds. The van der Waals surface area contributed by atoms with Gasteiger partial charge in [-0.05, 0) is 37.3 Å². The van der Waals surface area contributed by atoms with Gasteiger partial charge in [-0.15, -0.1) is 11.3 Å². The SMILES string of the molecule is CCCCCCOC(=O)CN[C@H](C(=O)N1CC=CC1C(=O)NCc1ccc(/C(N)=N/O)s1)C1CCCCC1. The van der Waals surface area contributed by atoms with Crippen molar-refractivity contribution in [2.24, 2.45) is 16.8 Å². The minimum atomic E-state index is -0.718. The lowest BCUT2D eigenvalue weighted by atomic mass is 9.83. The first-order valence-electron chi connectivity index (χ1n) is 13.6. The molecule has 1 aromatic rings. The predicted molar refractivity (Wildman–Crippen MR) is 147 cm³/mol. The smallest absolute Gasteiger partial charge is 0.319 e. The van der Waals surface area contributed by atoms with E-state index < -0.39 is 12.1 Å². The predicted octanol–water partition coefficient (Wildman–Crippen LogP) is 2.89. The van der Waals surface area contributed by atoms with Crippen LogP contribution >= 0.6 is 11.3 Å². The molecule has 210 valence electrons. The Hall–Kier alpha value is -2.92. The first-order valence-corrected chi connectivity index (χ1v) is 14.5. The standard InChI is InChI=1S/C27H41N5O5S/c1-2-3-4-8-16-37-23(33)18-29-24(19-10-6-5-7-11-19)27(35)32-15-9-12-21(32)26(34)30-17-20-13-14-22(38-20)25(28)31-36/h9,12-14,19,21,24,29,36H,2-8,10-11,15-18H2,1H3,(H2,28,31)(H,30,34)/t21?,24-/m0/s1. The Labute approximate surface area is 228 Å². The van der Waals surface area contributed by atoms with E-state index in [9.17, 15) is 14.4 Å². The van der Waals surface area contributed by atoms with Crippen molar-refractivity contribution in [2.45, 2.75) is 83.3 Å². The summed E-state index contributed by atoms with van der Waals surface area (Å²) in [6.07, 6.45) is 12.8. The van der Waals surface area contributed by atoms with Gasteiger partial charge in [0.25, 0.3) is 0 Å². The van der Waals surface area contributed by atoms with Crippen LogP contribution in [0.5, 0.6) is 0 Å². The van der Waals surface area contributed by atoms with Crippen LogP contribution in [-0.4, -0.2) is 65.5 Å². The zero-order valence-electron chi connectivity index (χ0n) is 22.2. The number of oxime groups is 1. The van der Waals surface area contributed by atoms with Gasteiger partial charge in [0.05, 0.1) is 30.6 Å². The molecule has 1 aromatic heterocycles. The van der Waals surface area contributed by atoms with Gasteiger partial charge in [0.2, 0.25) is 11.8 Å². The number of nitrogens with two attached hydrogens (primary N) is 1. The lowest BCUT2D eigenvalue weighted by Gasteiger charge is -2.34. The summed E-state index contributed by atoms with van der Waals surface area (Å²) >= 11 is 1.32. The zero-order valence-corrected chi connectivity index (χ0v) is 23.0. The molecule has 11 heteroatoms. The topological polar surface area (TPSA) is 146 Å². The lowest BCUT2D eigenvalue weighted by molar-refractivity contribution is -0.144. The van der Waals surface area contributed by atoms with E-state index in [0.29, 0.717) is 18.0 Å². The Morgan fingerprint density at radius 1 is 1.21 bits per heavy atom. The number of hydrogen-bond acceptors (Lipinski definition) is 8. The van der Waals surface area contributed by atoms with E-state index >= 15 is 0 Å². The first kappa shape index (κ1) is 29.6. The maximum absolute atomic E-state index is 13.7. The molecule has 2 aliphatic rings. The Kier molecular flexibility index (Phi) is 12.1. The summed E-state index contributed by atoms with van der Waals surface area (Å²) in [6.45, 7) is 3.11. The molecule has 0 saturated heterocycles. The van der Waals surface area contributed by atoms with Gasteiger partial charge in [0.15, 0.2) is 5.84 Å². The van der Waals surface area contributed by atoms with Crippen LogP contribution in [0, 0.1) is 5.92 Å². The molecular weight excluding hydrogens is 506 g/mol. The number of amidine groups is 1. The van der Waals surface area contributed by atoms with Crippen molar-refractivity contribution in [3.05, 3.63) is 34.0 Å². The number of unbranched alkanes of at least 4 members (excludes halogenated alkanes) is 3. The second-order valence-corrected chi connectivity index (χ2v) is 11.0. The maximum atomic E-state index is 13.7. The number of ether oxygens (including phenoxy) is 1. The maximum Gasteiger partial charge on any atom is 0.319 e. The van der Waals surface area contributed by atoms with E-state index in [0.717, 1.165) is 62.7 Å². The molecule has 3 rings (SSSR count). The highest BCUT2D eigenvalue weighted by molar-refractivity contribution is 7.14. The molecule has 0 aromatic carbocycles. The Morgan fingerprint density at radius 3 is 2.74 bits per heavy atom. The van der Waals surface area contributed by atoms with Gasteiger partial charge < -0.3 is 25.9 Å². The molecule has 1 saturated carbocycles. The van der Waals surface area contributed by atoms with Crippen molar-refractivity contribution in [1.29, 1.82) is 0 Å². The minimum absolute atomic E-state index is 0.0182. The highest BCUT2D eigenvalue weighted by Crippen LogP contribution is 2.28. The first-order chi connectivity index (χ1) is 18.4. The molecule has 1 aliphatic heterocycles. The molecule has 1 unspecified atom stereocenters. The van der Waals surface area contributed by atoms with Crippen LogP contribution in [0.15, 0.2) is 29.4 Å². The third kappa shape index (κ3) is 8.56. The van der Waals surface area contributed by atoms with Crippen LogP contribution in [0.1, 0.15) is 74.5 Å². The number of carbonyl (C=O) groups is 3. The van der Waals surface area contributed by atoms with Crippen LogP contribution in [0.4, 0.5) is 0 Å². The third-order valence-corrected chi connectivity index (χ3v) is 8.19. The number of carbonyl (C=O) groups excluding carboxylic acids is 3. The van der Waals surface area contributed by atoms with Crippen molar-refractivity contribution in [3.8, 4) is 0 Å². The average Bonchev–Trinajstić information content (AvgIpc) is 3.62. The molecule has 1 aliphatic carbocycles. The molecule has 38 heavy (non-hydrogen) atoms. The summed E-state index contributed by atoms with van der Waals surface area (Å²) in [5.41, 5.74) is 5.62. The molecule has 0 radical (unpaired) electrons. The Bertz CT molecular complexity index is 988. The normalized spacial score (nSPS) is 18.9. The molecule has 5 N–H and O–H groups in total. The van der Waals surface area contributed by atoms with Crippen molar-refractivity contribution in [3.63, 3.8) is 0 Å². The molecule has 0 spiro atoms. The largest absolute Gasteiger partial charge is 0.465 e. The molecule has 2 heterocycles. The zero-order chi connectivity index (χ0) is 27.3. The Balaban J connectivity index is 1.58. The second-order valence-electron chi connectivity index (χ2n) is 9.87. The quantitative estimate of drug-likeness (QED) is 0.0533. The van der Waals surface area contributed by atoms with Crippen molar-refractivity contribution in [2.75, 3.05) is 19.7 Å². The van der Waals surface area contributed by atoms with Crippen LogP contribution in [0.25, 0.3) is 0 Å². The average molecular weight is 548 g/mol. The van der Waals surface area contributed by atoms with Crippen molar-refractivity contribution >= 4 is 35.0 Å². The van der Waals surface area contributed by atoms with E-state index in [2.05, 4.69) is 22.7 Å². The van der Waals surface area contributed by atoms with E-state index in [1.165, 1.54) is 11.3 Å². The molecule has 1 fully saturated rings. The van der Waals surface area contributed by atoms with Crippen LogP contribution in [-0.2, 0) is 25.7 Å². The summed E-state index contributed by atoms with van der Waals surface area (Å²) in [4.78, 5) is 42.2. The van der Waals surface area contributed by atoms with E-state index in [-0.39, 0.29) is 42.6 Å². The molecule has 2 atom stereocenters. The van der Waals surface area contributed by atoms with Crippen LogP contribution in [0.2, 0.25) is 0 Å². The monoisotopic (exact) mass is 547 g/mol. The highest BCUT2D eigenvalue weighted by Gasteiger charge is 2.38. The van der Waals surface area contributed by atoms with Gasteiger partial charge in [0.1, 0.15) is 6.04 Å². The van der Waals surface area contributed by atoms with Gasteiger partial charge in [-0.1, -0.05) is 62.8 Å². The molecule has 10 nitrogen and oxygen atoms in total. The summed E-state index contributed by atoms with van der Waals surface area (Å²) in [5, 5.41) is 17.9. The van der Waals surface area contributed by atoms with Crippen LogP contribution < -0.4 is 16.4 Å². The summed E-state index contributed by atoms with van der Waals surface area (Å²) in [7, 11) is 0. The summed E-state index contributed by atoms with van der Waals surface area (Å²) < 4.78 is 5.36. The van der Waals surface area contributed by atoms with E-state index in [4.69, 9.17) is 15.7 Å². The van der Waals surface area contributed by atoms with Gasteiger partial charge in [-0.3, -0.25) is 19.7 Å². The number of nitrogens with zero attached hydrogens (tertiary/aromatic N) is 2. The van der Waals surface area contributed by atoms with Crippen LogP contribution in [0.3, 0.4) is 0 Å². The Morgan fingerprint density at radius 2 is 2.00 bits per heavy atom. The fraction of sp³-hybridized carbons (Fsp3) is 0.630. The number of rotatable bonds is 14. The van der Waals surface area contributed by atoms with Crippen molar-refractivity contribution in [1.82, 2.24) is 15.5 Å². The van der Waals surface area contributed by atoms with Gasteiger partial charge in [-0.2, -0.15) is 0 Å². The number of hydrogen-bond donors (Lipinski definition) is 4. The van der Waals surface area contributed by atoms with Gasteiger partial charge >= 0.3 is 5.97 Å². The second kappa shape index (κ2) is 15.5.